The van der Waals surface area contributed by atoms with Gasteiger partial charge in [-0.25, -0.2) is 0 Å². The van der Waals surface area contributed by atoms with Crippen LogP contribution in [0.15, 0.2) is 0 Å². The minimum absolute atomic E-state index is 0.209. The topological polar surface area (TPSA) is 30.5 Å². The molecule has 0 aromatic carbocycles. The Morgan fingerprint density at radius 1 is 1.25 bits per heavy atom. The summed E-state index contributed by atoms with van der Waals surface area (Å²) in [5.41, 5.74) is 0.209. The van der Waals surface area contributed by atoms with Gasteiger partial charge in [-0.2, -0.15) is 0 Å². The maximum atomic E-state index is 6.19. The van der Waals surface area contributed by atoms with Crippen LogP contribution < -0.4 is 5.32 Å². The lowest BCUT2D eigenvalue weighted by Crippen LogP contribution is -2.51. The van der Waals surface area contributed by atoms with Crippen LogP contribution >= 0.6 is 0 Å². The molecular formula is C17H33NO2. The molecular weight excluding hydrogens is 250 g/mol. The van der Waals surface area contributed by atoms with Crippen LogP contribution in [0, 0.1) is 5.92 Å². The van der Waals surface area contributed by atoms with Crippen LogP contribution in [-0.4, -0.2) is 37.5 Å². The Hall–Kier alpha value is -0.120. The van der Waals surface area contributed by atoms with Crippen molar-refractivity contribution >= 4 is 0 Å². The summed E-state index contributed by atoms with van der Waals surface area (Å²) in [5, 5.41) is 3.71. The van der Waals surface area contributed by atoms with Crippen LogP contribution in [-0.2, 0) is 9.47 Å². The summed E-state index contributed by atoms with van der Waals surface area (Å²) in [6.07, 6.45) is 9.10. The molecule has 0 amide bonds. The van der Waals surface area contributed by atoms with E-state index in [9.17, 15) is 0 Å². The molecule has 20 heavy (non-hydrogen) atoms. The second-order valence-electron chi connectivity index (χ2n) is 6.48. The smallest absolute Gasteiger partial charge is 0.0728 e. The van der Waals surface area contributed by atoms with Crippen molar-refractivity contribution in [2.75, 3.05) is 19.8 Å². The van der Waals surface area contributed by atoms with Crippen molar-refractivity contribution < 1.29 is 9.47 Å². The first-order valence-electron chi connectivity index (χ1n) is 8.73. The van der Waals surface area contributed by atoms with E-state index in [1.807, 2.05) is 0 Å². The van der Waals surface area contributed by atoms with Gasteiger partial charge in [-0.1, -0.05) is 26.7 Å². The average Bonchev–Trinajstić information content (AvgIpc) is 2.90. The molecule has 118 valence electrons. The predicted octanol–water partition coefficient (Wildman–Crippen LogP) is 3.52. The SMILES string of the molecule is CCNC(C1CCOC2(CCCC2)C1)C(CC)OCC. The molecule has 3 unspecified atom stereocenters. The summed E-state index contributed by atoms with van der Waals surface area (Å²) >= 11 is 0. The number of hydrogen-bond acceptors (Lipinski definition) is 3. The van der Waals surface area contributed by atoms with E-state index in [1.165, 1.54) is 38.5 Å². The van der Waals surface area contributed by atoms with Crippen molar-refractivity contribution in [2.24, 2.45) is 5.92 Å². The molecule has 3 atom stereocenters. The van der Waals surface area contributed by atoms with E-state index in [0.717, 1.165) is 26.2 Å². The number of ether oxygens (including phenoxy) is 2. The highest BCUT2D eigenvalue weighted by Gasteiger charge is 2.43. The van der Waals surface area contributed by atoms with Crippen molar-refractivity contribution in [1.82, 2.24) is 5.32 Å². The van der Waals surface area contributed by atoms with Gasteiger partial charge in [-0.3, -0.25) is 0 Å². The van der Waals surface area contributed by atoms with Crippen LogP contribution in [0.1, 0.15) is 65.7 Å². The molecule has 1 N–H and O–H groups in total. The first kappa shape index (κ1) is 16.3. The lowest BCUT2D eigenvalue weighted by Gasteiger charge is -2.43. The fourth-order valence-corrected chi connectivity index (χ4v) is 4.27. The Morgan fingerprint density at radius 2 is 2.00 bits per heavy atom. The average molecular weight is 283 g/mol. The summed E-state index contributed by atoms with van der Waals surface area (Å²) in [5.74, 6) is 0.707. The molecule has 1 aliphatic carbocycles. The van der Waals surface area contributed by atoms with Gasteiger partial charge in [0.25, 0.3) is 0 Å². The van der Waals surface area contributed by atoms with Crippen LogP contribution in [0.5, 0.6) is 0 Å². The molecule has 1 saturated carbocycles. The molecule has 1 saturated heterocycles. The summed E-state index contributed by atoms with van der Waals surface area (Å²) < 4.78 is 12.2. The lowest BCUT2D eigenvalue weighted by molar-refractivity contribution is -0.108. The highest BCUT2D eigenvalue weighted by molar-refractivity contribution is 4.96. The quantitative estimate of drug-likeness (QED) is 0.775. The van der Waals surface area contributed by atoms with E-state index in [4.69, 9.17) is 9.47 Å². The van der Waals surface area contributed by atoms with E-state index in [2.05, 4.69) is 26.1 Å². The molecule has 1 aliphatic heterocycles. The van der Waals surface area contributed by atoms with E-state index in [-0.39, 0.29) is 5.60 Å². The van der Waals surface area contributed by atoms with E-state index in [0.29, 0.717) is 18.1 Å². The number of hydrogen-bond donors (Lipinski definition) is 1. The van der Waals surface area contributed by atoms with Crippen LogP contribution in [0.3, 0.4) is 0 Å². The fraction of sp³-hybridized carbons (Fsp3) is 1.00. The molecule has 3 nitrogen and oxygen atoms in total. The second kappa shape index (κ2) is 7.77. The molecule has 2 rings (SSSR count). The fourth-order valence-electron chi connectivity index (χ4n) is 4.27. The van der Waals surface area contributed by atoms with Crippen molar-refractivity contribution in [3.8, 4) is 0 Å². The van der Waals surface area contributed by atoms with Gasteiger partial charge in [0.1, 0.15) is 0 Å². The molecule has 3 heteroatoms. The monoisotopic (exact) mass is 283 g/mol. The Morgan fingerprint density at radius 3 is 2.60 bits per heavy atom. The summed E-state index contributed by atoms with van der Waals surface area (Å²) in [4.78, 5) is 0. The van der Waals surface area contributed by atoms with Gasteiger partial charge in [0.15, 0.2) is 0 Å². The summed E-state index contributed by atoms with van der Waals surface area (Å²) in [7, 11) is 0. The molecule has 0 radical (unpaired) electrons. The Labute approximate surface area is 124 Å². The van der Waals surface area contributed by atoms with Gasteiger partial charge in [0, 0.05) is 19.3 Å². The largest absolute Gasteiger partial charge is 0.377 e. The number of likely N-dealkylation sites (N-methyl/N-ethyl adjacent to an activating group) is 1. The molecule has 2 aliphatic rings. The standard InChI is InChI=1S/C17H33NO2/c1-4-15(19-6-3)16(18-5-2)14-9-12-20-17(13-14)10-7-8-11-17/h14-16,18H,4-13H2,1-3H3. The van der Waals surface area contributed by atoms with Gasteiger partial charge < -0.3 is 14.8 Å². The van der Waals surface area contributed by atoms with Gasteiger partial charge in [0.2, 0.25) is 0 Å². The normalized spacial score (nSPS) is 28.6. The molecule has 2 fully saturated rings. The van der Waals surface area contributed by atoms with Gasteiger partial charge in [0.05, 0.1) is 11.7 Å². The third-order valence-electron chi connectivity index (χ3n) is 5.18. The Bertz CT molecular complexity index is 276. The predicted molar refractivity (Wildman–Crippen MR) is 83.0 cm³/mol. The first-order chi connectivity index (χ1) is 9.74. The first-order valence-corrected chi connectivity index (χ1v) is 8.73. The molecule has 0 bridgehead atoms. The molecule has 1 spiro atoms. The van der Waals surface area contributed by atoms with Crippen LogP contribution in [0.4, 0.5) is 0 Å². The zero-order chi connectivity index (χ0) is 14.4. The van der Waals surface area contributed by atoms with Crippen molar-refractivity contribution in [3.63, 3.8) is 0 Å². The Kier molecular flexibility index (Phi) is 6.31. The van der Waals surface area contributed by atoms with Gasteiger partial charge in [-0.05, 0) is 51.5 Å². The number of rotatable bonds is 7. The zero-order valence-corrected chi connectivity index (χ0v) is 13.6. The highest BCUT2D eigenvalue weighted by Crippen LogP contribution is 2.43. The minimum atomic E-state index is 0.209. The van der Waals surface area contributed by atoms with Crippen LogP contribution in [0.25, 0.3) is 0 Å². The third kappa shape index (κ3) is 3.75. The summed E-state index contributed by atoms with van der Waals surface area (Å²) in [6, 6.07) is 0.492. The molecule has 0 aromatic heterocycles. The highest BCUT2D eigenvalue weighted by atomic mass is 16.5. The van der Waals surface area contributed by atoms with Gasteiger partial charge >= 0.3 is 0 Å². The molecule has 0 aromatic rings. The maximum Gasteiger partial charge on any atom is 0.0728 e. The van der Waals surface area contributed by atoms with Crippen molar-refractivity contribution in [3.05, 3.63) is 0 Å². The number of nitrogens with one attached hydrogen (secondary N) is 1. The molecule has 1 heterocycles. The second-order valence-corrected chi connectivity index (χ2v) is 6.48. The van der Waals surface area contributed by atoms with Crippen LogP contribution in [0.2, 0.25) is 0 Å². The van der Waals surface area contributed by atoms with Crippen molar-refractivity contribution in [2.45, 2.75) is 83.5 Å². The maximum absolute atomic E-state index is 6.19. The van der Waals surface area contributed by atoms with E-state index >= 15 is 0 Å². The Balaban J connectivity index is 2.03. The van der Waals surface area contributed by atoms with E-state index in [1.54, 1.807) is 0 Å². The van der Waals surface area contributed by atoms with E-state index < -0.39 is 0 Å². The lowest BCUT2D eigenvalue weighted by atomic mass is 9.78. The summed E-state index contributed by atoms with van der Waals surface area (Å²) in [6.45, 7) is 9.34. The third-order valence-corrected chi connectivity index (χ3v) is 5.18. The zero-order valence-electron chi connectivity index (χ0n) is 13.6. The van der Waals surface area contributed by atoms with Crippen molar-refractivity contribution in [1.29, 1.82) is 0 Å². The minimum Gasteiger partial charge on any atom is -0.377 e. The van der Waals surface area contributed by atoms with Gasteiger partial charge in [-0.15, -0.1) is 0 Å².